The maximum Gasteiger partial charge on any atom is 0.259 e. The molecule has 1 amide bonds. The number of carbonyl (C=O) groups is 1. The van der Waals surface area contributed by atoms with Crippen molar-refractivity contribution in [3.05, 3.63) is 53.6 Å². The van der Waals surface area contributed by atoms with Crippen molar-refractivity contribution in [3.63, 3.8) is 0 Å². The minimum atomic E-state index is -0.365. The van der Waals surface area contributed by atoms with Gasteiger partial charge in [-0.3, -0.25) is 4.79 Å². The highest BCUT2D eigenvalue weighted by molar-refractivity contribution is 6.07. The molecular formula is C17H19NO3. The molecule has 0 aliphatic rings. The third-order valence-electron chi connectivity index (χ3n) is 2.98. The number of amides is 1. The summed E-state index contributed by atoms with van der Waals surface area (Å²) in [6.45, 7) is 5.60. The lowest BCUT2D eigenvalue weighted by molar-refractivity contribution is 0.102. The number of hydrogen-bond donors (Lipinski definition) is 2. The SMILES string of the molecule is Cc1cccc(C(=O)Nc2ccccc2OC(C)C)c1O. The van der Waals surface area contributed by atoms with Crippen molar-refractivity contribution < 1.29 is 14.6 Å². The summed E-state index contributed by atoms with van der Waals surface area (Å²) in [4.78, 5) is 12.3. The number of rotatable bonds is 4. The van der Waals surface area contributed by atoms with Crippen LogP contribution in [0.5, 0.6) is 11.5 Å². The average Bonchev–Trinajstić information content (AvgIpc) is 2.43. The zero-order chi connectivity index (χ0) is 15.4. The van der Waals surface area contributed by atoms with Crippen LogP contribution in [0.1, 0.15) is 29.8 Å². The van der Waals surface area contributed by atoms with Crippen LogP contribution >= 0.6 is 0 Å². The predicted octanol–water partition coefficient (Wildman–Crippen LogP) is 3.74. The maximum atomic E-state index is 12.3. The van der Waals surface area contributed by atoms with Crippen LogP contribution in [0.15, 0.2) is 42.5 Å². The highest BCUT2D eigenvalue weighted by Gasteiger charge is 2.14. The molecule has 0 unspecified atom stereocenters. The van der Waals surface area contributed by atoms with Crippen LogP contribution in [0.25, 0.3) is 0 Å². The Morgan fingerprint density at radius 1 is 1.14 bits per heavy atom. The molecule has 0 fully saturated rings. The molecule has 0 aromatic heterocycles. The first-order chi connectivity index (χ1) is 9.99. The third kappa shape index (κ3) is 3.54. The highest BCUT2D eigenvalue weighted by Crippen LogP contribution is 2.27. The molecule has 21 heavy (non-hydrogen) atoms. The van der Waals surface area contributed by atoms with Crippen molar-refractivity contribution in [2.75, 3.05) is 5.32 Å². The fourth-order valence-electron chi connectivity index (χ4n) is 1.96. The monoisotopic (exact) mass is 285 g/mol. The number of aryl methyl sites for hydroxylation is 1. The summed E-state index contributed by atoms with van der Waals surface area (Å²) in [6.07, 6.45) is 0.00965. The molecule has 0 bridgehead atoms. The molecule has 2 N–H and O–H groups in total. The Morgan fingerprint density at radius 3 is 2.57 bits per heavy atom. The Hall–Kier alpha value is -2.49. The summed E-state index contributed by atoms with van der Waals surface area (Å²) in [6, 6.07) is 12.3. The number of nitrogens with one attached hydrogen (secondary N) is 1. The van der Waals surface area contributed by atoms with Crippen molar-refractivity contribution in [2.45, 2.75) is 26.9 Å². The molecule has 4 nitrogen and oxygen atoms in total. The van der Waals surface area contributed by atoms with Gasteiger partial charge in [0, 0.05) is 0 Å². The predicted molar refractivity (Wildman–Crippen MR) is 83.0 cm³/mol. The van der Waals surface area contributed by atoms with E-state index < -0.39 is 0 Å². The van der Waals surface area contributed by atoms with Gasteiger partial charge in [0.1, 0.15) is 11.5 Å². The van der Waals surface area contributed by atoms with Crippen molar-refractivity contribution >= 4 is 11.6 Å². The molecule has 110 valence electrons. The van der Waals surface area contributed by atoms with Crippen LogP contribution in [0.4, 0.5) is 5.69 Å². The summed E-state index contributed by atoms with van der Waals surface area (Å²) in [5.41, 5.74) is 1.49. The van der Waals surface area contributed by atoms with Gasteiger partial charge in [0.25, 0.3) is 5.91 Å². The number of phenolic OH excluding ortho intramolecular Hbond substituents is 1. The molecule has 2 aromatic rings. The zero-order valence-corrected chi connectivity index (χ0v) is 12.4. The Balaban J connectivity index is 2.26. The minimum absolute atomic E-state index is 0.00254. The molecule has 2 rings (SSSR count). The minimum Gasteiger partial charge on any atom is -0.507 e. The average molecular weight is 285 g/mol. The van der Waals surface area contributed by atoms with E-state index in [2.05, 4.69) is 5.32 Å². The molecular weight excluding hydrogens is 266 g/mol. The van der Waals surface area contributed by atoms with E-state index in [0.29, 0.717) is 17.0 Å². The summed E-state index contributed by atoms with van der Waals surface area (Å²) in [7, 11) is 0. The number of anilines is 1. The Kier molecular flexibility index (Phi) is 4.48. The number of para-hydroxylation sites is 3. The number of carbonyl (C=O) groups excluding carboxylic acids is 1. The lowest BCUT2D eigenvalue weighted by Gasteiger charge is -2.15. The number of hydrogen-bond acceptors (Lipinski definition) is 3. The van der Waals surface area contributed by atoms with Gasteiger partial charge in [0.2, 0.25) is 0 Å². The van der Waals surface area contributed by atoms with Gasteiger partial charge in [0.15, 0.2) is 0 Å². The molecule has 0 radical (unpaired) electrons. The Labute approximate surface area is 124 Å². The van der Waals surface area contributed by atoms with Gasteiger partial charge in [-0.2, -0.15) is 0 Å². The van der Waals surface area contributed by atoms with Crippen LogP contribution in [0.2, 0.25) is 0 Å². The molecule has 0 spiro atoms. The lowest BCUT2D eigenvalue weighted by atomic mass is 10.1. The van der Waals surface area contributed by atoms with E-state index in [-0.39, 0.29) is 23.3 Å². The summed E-state index contributed by atoms with van der Waals surface area (Å²) < 4.78 is 5.66. The summed E-state index contributed by atoms with van der Waals surface area (Å²) in [5, 5.41) is 12.7. The molecule has 4 heteroatoms. The normalized spacial score (nSPS) is 10.5. The topological polar surface area (TPSA) is 58.6 Å². The van der Waals surface area contributed by atoms with Gasteiger partial charge < -0.3 is 15.2 Å². The number of phenols is 1. The smallest absolute Gasteiger partial charge is 0.259 e. The van der Waals surface area contributed by atoms with Crippen LogP contribution in [-0.4, -0.2) is 17.1 Å². The molecule has 0 aliphatic carbocycles. The van der Waals surface area contributed by atoms with Crippen LogP contribution in [0.3, 0.4) is 0 Å². The zero-order valence-electron chi connectivity index (χ0n) is 12.4. The molecule has 0 aliphatic heterocycles. The number of benzene rings is 2. The summed E-state index contributed by atoms with van der Waals surface area (Å²) in [5.74, 6) is 0.237. The quantitative estimate of drug-likeness (QED) is 0.899. The van der Waals surface area contributed by atoms with Crippen LogP contribution in [-0.2, 0) is 0 Å². The molecule has 2 aromatic carbocycles. The standard InChI is InChI=1S/C17H19NO3/c1-11(2)21-15-10-5-4-9-14(15)18-17(20)13-8-6-7-12(3)16(13)19/h4-11,19H,1-3H3,(H,18,20). The molecule has 0 atom stereocenters. The second-order valence-electron chi connectivity index (χ2n) is 5.09. The van der Waals surface area contributed by atoms with Gasteiger partial charge in [0.05, 0.1) is 17.4 Å². The molecule has 0 saturated carbocycles. The van der Waals surface area contributed by atoms with Gasteiger partial charge in [-0.25, -0.2) is 0 Å². The van der Waals surface area contributed by atoms with Crippen LogP contribution in [0, 0.1) is 6.92 Å². The fraction of sp³-hybridized carbons (Fsp3) is 0.235. The van der Waals surface area contributed by atoms with E-state index in [9.17, 15) is 9.90 Å². The van der Waals surface area contributed by atoms with Crippen molar-refractivity contribution in [1.82, 2.24) is 0 Å². The van der Waals surface area contributed by atoms with Crippen molar-refractivity contribution in [1.29, 1.82) is 0 Å². The first-order valence-electron chi connectivity index (χ1n) is 6.84. The first kappa shape index (κ1) is 14.9. The van der Waals surface area contributed by atoms with E-state index in [0.717, 1.165) is 0 Å². The van der Waals surface area contributed by atoms with E-state index in [4.69, 9.17) is 4.74 Å². The summed E-state index contributed by atoms with van der Waals surface area (Å²) >= 11 is 0. The molecule has 0 saturated heterocycles. The Morgan fingerprint density at radius 2 is 1.86 bits per heavy atom. The Bertz CT molecular complexity index is 650. The maximum absolute atomic E-state index is 12.3. The fourth-order valence-corrected chi connectivity index (χ4v) is 1.96. The van der Waals surface area contributed by atoms with E-state index in [1.54, 1.807) is 37.3 Å². The van der Waals surface area contributed by atoms with Gasteiger partial charge in [-0.1, -0.05) is 24.3 Å². The lowest BCUT2D eigenvalue weighted by Crippen LogP contribution is -2.14. The number of ether oxygens (including phenoxy) is 1. The van der Waals surface area contributed by atoms with Gasteiger partial charge in [-0.15, -0.1) is 0 Å². The number of aromatic hydroxyl groups is 1. The van der Waals surface area contributed by atoms with E-state index in [1.807, 2.05) is 26.0 Å². The second-order valence-corrected chi connectivity index (χ2v) is 5.09. The van der Waals surface area contributed by atoms with E-state index in [1.165, 1.54) is 0 Å². The van der Waals surface area contributed by atoms with Gasteiger partial charge >= 0.3 is 0 Å². The third-order valence-corrected chi connectivity index (χ3v) is 2.98. The van der Waals surface area contributed by atoms with Crippen LogP contribution < -0.4 is 10.1 Å². The van der Waals surface area contributed by atoms with Crippen molar-refractivity contribution in [3.8, 4) is 11.5 Å². The van der Waals surface area contributed by atoms with Crippen molar-refractivity contribution in [2.24, 2.45) is 0 Å². The largest absolute Gasteiger partial charge is 0.507 e. The van der Waals surface area contributed by atoms with E-state index >= 15 is 0 Å². The highest BCUT2D eigenvalue weighted by atomic mass is 16.5. The second kappa shape index (κ2) is 6.31. The molecule has 0 heterocycles. The van der Waals surface area contributed by atoms with Gasteiger partial charge in [-0.05, 0) is 44.5 Å². The first-order valence-corrected chi connectivity index (χ1v) is 6.84.